The van der Waals surface area contributed by atoms with E-state index in [1.165, 1.54) is 39.1 Å². The van der Waals surface area contributed by atoms with Crippen LogP contribution in [-0.2, 0) is 30.3 Å². The molecule has 0 saturated heterocycles. The van der Waals surface area contributed by atoms with Crippen LogP contribution in [0, 0.1) is 38.7 Å². The minimum Gasteiger partial charge on any atom is -0.512 e. The van der Waals surface area contributed by atoms with Gasteiger partial charge in [0.25, 0.3) is 0 Å². The molecule has 0 amide bonds. The maximum absolute atomic E-state index is 11.7. The van der Waals surface area contributed by atoms with Crippen molar-refractivity contribution >= 4 is 49.4 Å². The fraction of sp³-hybridized carbons (Fsp3) is 0.340. The minimum atomic E-state index is 0. The fourth-order valence-electron chi connectivity index (χ4n) is 7.57. The van der Waals surface area contributed by atoms with Crippen molar-refractivity contribution in [2.24, 2.45) is 11.8 Å². The van der Waals surface area contributed by atoms with Crippen LogP contribution in [-0.4, -0.2) is 20.9 Å². The van der Waals surface area contributed by atoms with Crippen LogP contribution in [0.3, 0.4) is 0 Å². The van der Waals surface area contributed by atoms with Crippen molar-refractivity contribution in [1.29, 1.82) is 0 Å². The van der Waals surface area contributed by atoms with Crippen molar-refractivity contribution in [3.05, 3.63) is 119 Å². The van der Waals surface area contributed by atoms with Gasteiger partial charge in [0.15, 0.2) is 5.78 Å². The van der Waals surface area contributed by atoms with Crippen LogP contribution in [0.5, 0.6) is 0 Å². The molecule has 293 valence electrons. The number of nitrogens with zero attached hydrogens (tertiary/aromatic N) is 2. The van der Waals surface area contributed by atoms with Gasteiger partial charge in [0, 0.05) is 60.7 Å². The van der Waals surface area contributed by atoms with Crippen molar-refractivity contribution in [3.8, 4) is 22.4 Å². The molecule has 1 radical (unpaired) electrons. The Hall–Kier alpha value is -4.64. The maximum Gasteiger partial charge on any atom is 0.162 e. The summed E-state index contributed by atoms with van der Waals surface area (Å²) < 4.78 is 6.57. The molecule has 0 unspecified atom stereocenters. The summed E-state index contributed by atoms with van der Waals surface area (Å²) in [6, 6.07) is 29.5. The number of ketones is 1. The first-order chi connectivity index (χ1) is 26.3. The van der Waals surface area contributed by atoms with E-state index in [4.69, 9.17) is 14.4 Å². The Morgan fingerprint density at radius 1 is 0.768 bits per heavy atom. The Kier molecular flexibility index (Phi) is 13.4. The van der Waals surface area contributed by atoms with Crippen molar-refractivity contribution < 1.29 is 34.4 Å². The minimum absolute atomic E-state index is 0. The molecule has 0 atom stereocenters. The number of furan rings is 1. The van der Waals surface area contributed by atoms with Gasteiger partial charge in [-0.25, -0.2) is 4.98 Å². The zero-order valence-corrected chi connectivity index (χ0v) is 37.0. The number of hydrogen-bond acceptors (Lipinski definition) is 5. The molecule has 0 fully saturated rings. The number of carbonyl (C=O) groups is 1. The van der Waals surface area contributed by atoms with E-state index in [1.807, 2.05) is 52.9 Å². The summed E-state index contributed by atoms with van der Waals surface area (Å²) in [4.78, 5) is 21.4. The van der Waals surface area contributed by atoms with Crippen LogP contribution < -0.4 is 0 Å². The number of pyridine rings is 2. The number of rotatable bonds is 9. The van der Waals surface area contributed by atoms with Crippen LogP contribution in [0.1, 0.15) is 96.5 Å². The van der Waals surface area contributed by atoms with Crippen molar-refractivity contribution in [1.82, 2.24) is 9.97 Å². The molecular formula is C50H55IrN2O3-. The third kappa shape index (κ3) is 8.67. The zero-order chi connectivity index (χ0) is 39.6. The smallest absolute Gasteiger partial charge is 0.162 e. The van der Waals surface area contributed by atoms with E-state index in [0.717, 1.165) is 81.0 Å². The van der Waals surface area contributed by atoms with Crippen molar-refractivity contribution in [2.75, 3.05) is 0 Å². The van der Waals surface area contributed by atoms with Crippen molar-refractivity contribution in [3.63, 3.8) is 0 Å². The molecule has 0 spiro atoms. The Balaban J connectivity index is 0.000000322. The number of aliphatic hydroxyl groups excluding tert-OH is 1. The Morgan fingerprint density at radius 2 is 1.41 bits per heavy atom. The van der Waals surface area contributed by atoms with Gasteiger partial charge < -0.3 is 14.5 Å². The van der Waals surface area contributed by atoms with Crippen LogP contribution in [0.25, 0.3) is 66.0 Å². The number of aromatic nitrogens is 2. The van der Waals surface area contributed by atoms with Crippen LogP contribution in [0.4, 0.5) is 0 Å². The van der Waals surface area contributed by atoms with Crippen LogP contribution in [0.15, 0.2) is 95.2 Å². The van der Waals surface area contributed by atoms with Crippen molar-refractivity contribution in [2.45, 2.75) is 100 Å². The summed E-state index contributed by atoms with van der Waals surface area (Å²) >= 11 is 0. The molecular weight excluding hydrogens is 869 g/mol. The molecule has 56 heavy (non-hydrogen) atoms. The average molecular weight is 924 g/mol. The summed E-state index contributed by atoms with van der Waals surface area (Å²) in [7, 11) is 0. The normalized spacial score (nSPS) is 12.1. The van der Waals surface area contributed by atoms with Gasteiger partial charge >= 0.3 is 0 Å². The van der Waals surface area contributed by atoms with E-state index in [2.05, 4.69) is 101 Å². The van der Waals surface area contributed by atoms with Gasteiger partial charge in [-0.15, -0.1) is 18.2 Å². The molecule has 5 nitrogen and oxygen atoms in total. The predicted molar refractivity (Wildman–Crippen MR) is 231 cm³/mol. The van der Waals surface area contributed by atoms with E-state index < -0.39 is 0 Å². The van der Waals surface area contributed by atoms with E-state index in [0.29, 0.717) is 0 Å². The number of allylic oxidation sites excluding steroid dienone is 2. The molecule has 0 bridgehead atoms. The Morgan fingerprint density at radius 3 is 2.09 bits per heavy atom. The molecule has 1 N–H and O–H groups in total. The topological polar surface area (TPSA) is 76.2 Å². The monoisotopic (exact) mass is 924 g/mol. The average Bonchev–Trinajstić information content (AvgIpc) is 3.55. The third-order valence-electron chi connectivity index (χ3n) is 11.2. The third-order valence-corrected chi connectivity index (χ3v) is 11.2. The molecule has 6 heteroatoms. The predicted octanol–water partition coefficient (Wildman–Crippen LogP) is 13.9. The number of aliphatic hydroxyl groups is 1. The number of hydrogen-bond donors (Lipinski definition) is 1. The van der Waals surface area contributed by atoms with Gasteiger partial charge in [-0.05, 0) is 108 Å². The molecule has 0 aliphatic rings. The first-order valence-electron chi connectivity index (χ1n) is 19.9. The van der Waals surface area contributed by atoms with E-state index >= 15 is 0 Å². The first kappa shape index (κ1) is 42.5. The second-order valence-corrected chi connectivity index (χ2v) is 16.0. The van der Waals surface area contributed by atoms with Crippen LogP contribution in [0.2, 0.25) is 0 Å². The first-order valence-corrected chi connectivity index (χ1v) is 19.9. The molecule has 3 heterocycles. The molecule has 7 aromatic rings. The summed E-state index contributed by atoms with van der Waals surface area (Å²) in [6.45, 7) is 21.2. The standard InChI is InChI=1S/C37H31N2O.C13H24O2.Ir/c1-21-16-26-17-27(37(4,5)6)14-12-25(26)18-31(21)32-19-33(38-20-22(32)2)30-9-7-8-28-29-15-13-24-11-10-23(3)39-34(24)36(29)40-35(28)30;1-5-10(6-2)12(14)9-13(15)11(7-3)8-4;/h7-8,10-20H,1-6H3;9-11,14H,5-8H2,1-4H3;/q-1;;/b;12-9-;. The van der Waals surface area contributed by atoms with Gasteiger partial charge in [-0.1, -0.05) is 108 Å². The van der Waals surface area contributed by atoms with Gasteiger partial charge in [-0.2, -0.15) is 0 Å². The quantitative estimate of drug-likeness (QED) is 0.0887. The summed E-state index contributed by atoms with van der Waals surface area (Å²) in [5, 5.41) is 15.5. The summed E-state index contributed by atoms with van der Waals surface area (Å²) in [5.74, 6) is 0.547. The molecule has 3 aromatic heterocycles. The fourth-order valence-corrected chi connectivity index (χ4v) is 7.57. The maximum atomic E-state index is 11.7. The number of benzene rings is 4. The van der Waals surface area contributed by atoms with E-state index in [9.17, 15) is 9.90 Å². The molecule has 0 saturated carbocycles. The van der Waals surface area contributed by atoms with Gasteiger partial charge in [-0.3, -0.25) is 4.79 Å². The molecule has 4 aromatic carbocycles. The molecule has 0 aliphatic heterocycles. The zero-order valence-electron chi connectivity index (χ0n) is 34.6. The van der Waals surface area contributed by atoms with Gasteiger partial charge in [0.1, 0.15) is 11.1 Å². The Bertz CT molecular complexity index is 2550. The summed E-state index contributed by atoms with van der Waals surface area (Å²) in [5.41, 5.74) is 11.4. The number of aryl methyl sites for hydroxylation is 3. The largest absolute Gasteiger partial charge is 0.512 e. The van der Waals surface area contributed by atoms with Gasteiger partial charge in [0.05, 0.1) is 11.3 Å². The van der Waals surface area contributed by atoms with E-state index in [-0.39, 0.29) is 48.9 Å². The second kappa shape index (κ2) is 17.7. The second-order valence-electron chi connectivity index (χ2n) is 16.0. The molecule has 7 rings (SSSR count). The number of carbonyl (C=O) groups excluding carboxylic acids is 1. The molecule has 0 aliphatic carbocycles. The SMILES string of the molecule is CCC(CC)C(=O)/C=C(\O)C(CC)CC.Cc1ccc2ccc3c4cc[c-]c(-c5cc(-c6cc7ccc(C(C)(C)C)cc7cc6C)c(C)cn5)c4oc3c2n1.[Ir]. The summed E-state index contributed by atoms with van der Waals surface area (Å²) in [6.07, 6.45) is 6.87. The number of fused-ring (bicyclic) bond motifs is 6. The van der Waals surface area contributed by atoms with E-state index in [1.54, 1.807) is 0 Å². The van der Waals surface area contributed by atoms with Gasteiger partial charge in [0.2, 0.25) is 0 Å². The Labute approximate surface area is 346 Å². The van der Waals surface area contributed by atoms with Crippen LogP contribution >= 0.6 is 0 Å².